The second-order valence-electron chi connectivity index (χ2n) is 5.26. The minimum absolute atomic E-state index is 0.0538. The van der Waals surface area contributed by atoms with Gasteiger partial charge in [-0.05, 0) is 59.6 Å². The number of phenolic OH excluding ortho intramolecular Hbond substituents is 2. The molecule has 1 amide bonds. The molecular weight excluding hydrogens is 456 g/mol. The van der Waals surface area contributed by atoms with E-state index in [1.54, 1.807) is 6.92 Å². The van der Waals surface area contributed by atoms with Crippen molar-refractivity contribution in [2.45, 2.75) is 13.8 Å². The number of hydrogen-bond acceptors (Lipinski definition) is 5. The number of rotatable bonds is 5. The molecule has 0 aliphatic carbocycles. The van der Waals surface area contributed by atoms with Gasteiger partial charge in [-0.15, -0.1) is 0 Å². The summed E-state index contributed by atoms with van der Waals surface area (Å²) in [5.74, 6) is -0.0369. The standard InChI is InChI=1S/C17H16Br2N2O4/c1-9-5-11(18)6-14(19)17(9)25-8-16(24)21-20-10(2)13-4-3-12(22)7-15(13)23/h3-7,22-23H,8H2,1-2H3,(H,21,24). The Morgan fingerprint density at radius 1 is 1.24 bits per heavy atom. The Morgan fingerprint density at radius 3 is 2.60 bits per heavy atom. The van der Waals surface area contributed by atoms with Gasteiger partial charge >= 0.3 is 0 Å². The summed E-state index contributed by atoms with van der Waals surface area (Å²) in [4.78, 5) is 11.9. The molecule has 0 saturated carbocycles. The maximum absolute atomic E-state index is 11.9. The van der Waals surface area contributed by atoms with Crippen LogP contribution in [0.15, 0.2) is 44.4 Å². The lowest BCUT2D eigenvalue weighted by Crippen LogP contribution is -2.25. The lowest BCUT2D eigenvalue weighted by atomic mass is 10.1. The molecule has 2 aromatic rings. The summed E-state index contributed by atoms with van der Waals surface area (Å²) in [7, 11) is 0. The van der Waals surface area contributed by atoms with Crippen LogP contribution in [0, 0.1) is 6.92 Å². The molecule has 0 unspecified atom stereocenters. The normalized spacial score (nSPS) is 11.3. The molecule has 0 radical (unpaired) electrons. The average Bonchev–Trinajstić information content (AvgIpc) is 2.51. The molecule has 2 aromatic carbocycles. The number of ether oxygens (including phenoxy) is 1. The van der Waals surface area contributed by atoms with E-state index in [9.17, 15) is 15.0 Å². The van der Waals surface area contributed by atoms with Gasteiger partial charge in [0.1, 0.15) is 17.2 Å². The zero-order chi connectivity index (χ0) is 18.6. The van der Waals surface area contributed by atoms with Crippen molar-refractivity contribution >= 4 is 43.5 Å². The molecule has 3 N–H and O–H groups in total. The van der Waals surface area contributed by atoms with Gasteiger partial charge in [0.25, 0.3) is 5.91 Å². The molecule has 0 atom stereocenters. The van der Waals surface area contributed by atoms with Gasteiger partial charge in [-0.1, -0.05) is 15.9 Å². The van der Waals surface area contributed by atoms with Crippen LogP contribution in [0.1, 0.15) is 18.1 Å². The van der Waals surface area contributed by atoms with Gasteiger partial charge in [-0.3, -0.25) is 4.79 Å². The lowest BCUT2D eigenvalue weighted by Gasteiger charge is -2.11. The van der Waals surface area contributed by atoms with Gasteiger partial charge in [-0.2, -0.15) is 5.10 Å². The van der Waals surface area contributed by atoms with Crippen LogP contribution in [0.25, 0.3) is 0 Å². The number of nitrogens with one attached hydrogen (secondary N) is 1. The van der Waals surface area contributed by atoms with Crippen LogP contribution in [0.2, 0.25) is 0 Å². The molecule has 132 valence electrons. The zero-order valence-corrected chi connectivity index (χ0v) is 16.7. The summed E-state index contributed by atoms with van der Waals surface area (Å²) in [6.45, 7) is 3.29. The fourth-order valence-electron chi connectivity index (χ4n) is 2.07. The second-order valence-corrected chi connectivity index (χ2v) is 7.03. The van der Waals surface area contributed by atoms with E-state index < -0.39 is 5.91 Å². The number of carbonyl (C=O) groups is 1. The SMILES string of the molecule is CC(=NNC(=O)COc1c(C)cc(Br)cc1Br)c1ccc(O)cc1O. The first-order valence-corrected chi connectivity index (χ1v) is 8.80. The van der Waals surface area contributed by atoms with Crippen LogP contribution in [-0.4, -0.2) is 28.4 Å². The van der Waals surface area contributed by atoms with Crippen LogP contribution in [0.4, 0.5) is 0 Å². The first-order valence-electron chi connectivity index (χ1n) is 7.22. The summed E-state index contributed by atoms with van der Waals surface area (Å²) in [5.41, 5.74) is 4.05. The second kappa shape index (κ2) is 8.35. The fraction of sp³-hybridized carbons (Fsp3) is 0.176. The summed E-state index contributed by atoms with van der Waals surface area (Å²) >= 11 is 6.77. The van der Waals surface area contributed by atoms with Crippen LogP contribution < -0.4 is 10.2 Å². The molecule has 0 aromatic heterocycles. The van der Waals surface area contributed by atoms with Crippen molar-refractivity contribution in [3.05, 3.63) is 50.4 Å². The molecular formula is C17H16Br2N2O4. The summed E-state index contributed by atoms with van der Waals surface area (Å²) in [5, 5.41) is 23.0. The lowest BCUT2D eigenvalue weighted by molar-refractivity contribution is -0.123. The molecule has 8 heteroatoms. The Labute approximate surface area is 161 Å². The summed E-state index contributed by atoms with van der Waals surface area (Å²) in [6, 6.07) is 7.85. The summed E-state index contributed by atoms with van der Waals surface area (Å²) in [6.07, 6.45) is 0. The van der Waals surface area contributed by atoms with E-state index in [1.807, 2.05) is 19.1 Å². The van der Waals surface area contributed by atoms with Crippen molar-refractivity contribution in [3.8, 4) is 17.2 Å². The monoisotopic (exact) mass is 470 g/mol. The third-order valence-corrected chi connectivity index (χ3v) is 4.31. The molecule has 0 aliphatic heterocycles. The molecule has 0 saturated heterocycles. The predicted octanol–water partition coefficient (Wildman–Crippen LogP) is 3.85. The largest absolute Gasteiger partial charge is 0.508 e. The van der Waals surface area contributed by atoms with Crippen molar-refractivity contribution in [2.75, 3.05) is 6.61 Å². The van der Waals surface area contributed by atoms with Crippen molar-refractivity contribution in [1.82, 2.24) is 5.43 Å². The van der Waals surface area contributed by atoms with Crippen molar-refractivity contribution in [2.24, 2.45) is 5.10 Å². The van der Waals surface area contributed by atoms with E-state index in [2.05, 4.69) is 42.4 Å². The number of phenols is 2. The van der Waals surface area contributed by atoms with E-state index >= 15 is 0 Å². The van der Waals surface area contributed by atoms with E-state index in [-0.39, 0.29) is 18.1 Å². The van der Waals surface area contributed by atoms with E-state index in [0.29, 0.717) is 17.0 Å². The summed E-state index contributed by atoms with van der Waals surface area (Å²) < 4.78 is 7.17. The van der Waals surface area contributed by atoms with Crippen molar-refractivity contribution in [1.29, 1.82) is 0 Å². The first kappa shape index (κ1) is 19.3. The Bertz CT molecular complexity index is 814. The van der Waals surface area contributed by atoms with Crippen LogP contribution in [0.5, 0.6) is 17.2 Å². The minimum Gasteiger partial charge on any atom is -0.508 e. The van der Waals surface area contributed by atoms with Gasteiger partial charge in [-0.25, -0.2) is 5.43 Å². The number of amides is 1. The molecule has 0 heterocycles. The number of aryl methyl sites for hydroxylation is 1. The number of nitrogens with zero attached hydrogens (tertiary/aromatic N) is 1. The molecule has 0 bridgehead atoms. The fourth-order valence-corrected chi connectivity index (χ4v) is 3.63. The highest BCUT2D eigenvalue weighted by Crippen LogP contribution is 2.32. The third-order valence-electron chi connectivity index (χ3n) is 3.26. The number of hydrazone groups is 1. The topological polar surface area (TPSA) is 91.2 Å². The third kappa shape index (κ3) is 5.20. The number of carbonyl (C=O) groups excluding carboxylic acids is 1. The first-order chi connectivity index (χ1) is 11.8. The van der Waals surface area contributed by atoms with Crippen molar-refractivity contribution < 1.29 is 19.7 Å². The van der Waals surface area contributed by atoms with Gasteiger partial charge in [0.05, 0.1) is 10.2 Å². The number of hydrogen-bond donors (Lipinski definition) is 3. The highest BCUT2D eigenvalue weighted by Gasteiger charge is 2.10. The molecule has 0 spiro atoms. The Balaban J connectivity index is 1.99. The van der Waals surface area contributed by atoms with Crippen molar-refractivity contribution in [3.63, 3.8) is 0 Å². The smallest absolute Gasteiger partial charge is 0.277 e. The van der Waals surface area contributed by atoms with Gasteiger partial charge in [0.15, 0.2) is 6.61 Å². The molecule has 0 fully saturated rings. The Kier molecular flexibility index (Phi) is 6.44. The van der Waals surface area contributed by atoms with Crippen LogP contribution in [-0.2, 0) is 4.79 Å². The highest BCUT2D eigenvalue weighted by molar-refractivity contribution is 9.11. The number of benzene rings is 2. The molecule has 6 nitrogen and oxygen atoms in total. The number of aromatic hydroxyl groups is 2. The maximum Gasteiger partial charge on any atom is 0.277 e. The van der Waals surface area contributed by atoms with Crippen LogP contribution >= 0.6 is 31.9 Å². The quantitative estimate of drug-likeness (QED) is 0.456. The van der Waals surface area contributed by atoms with E-state index in [0.717, 1.165) is 14.5 Å². The Hall–Kier alpha value is -2.06. The van der Waals surface area contributed by atoms with E-state index in [1.165, 1.54) is 18.2 Å². The van der Waals surface area contributed by atoms with Gasteiger partial charge < -0.3 is 14.9 Å². The predicted molar refractivity (Wildman–Crippen MR) is 102 cm³/mol. The molecule has 2 rings (SSSR count). The van der Waals surface area contributed by atoms with Crippen LogP contribution in [0.3, 0.4) is 0 Å². The maximum atomic E-state index is 11.9. The van der Waals surface area contributed by atoms with Gasteiger partial charge in [0.2, 0.25) is 0 Å². The average molecular weight is 472 g/mol. The zero-order valence-electron chi connectivity index (χ0n) is 13.5. The van der Waals surface area contributed by atoms with E-state index in [4.69, 9.17) is 4.74 Å². The van der Waals surface area contributed by atoms with Gasteiger partial charge in [0, 0.05) is 16.1 Å². The number of halogens is 2. The molecule has 0 aliphatic rings. The molecule has 25 heavy (non-hydrogen) atoms. The minimum atomic E-state index is -0.438. The Morgan fingerprint density at radius 2 is 1.96 bits per heavy atom. The highest BCUT2D eigenvalue weighted by atomic mass is 79.9.